The molecule has 1 saturated carbocycles. The molecule has 0 saturated heterocycles. The minimum atomic E-state index is -0.253. The van der Waals surface area contributed by atoms with E-state index in [1.54, 1.807) is 0 Å². The Hall–Kier alpha value is -1.49. The molecule has 2 heteroatoms. The van der Waals surface area contributed by atoms with Crippen LogP contribution in [0, 0.1) is 23.2 Å². The van der Waals surface area contributed by atoms with Crippen molar-refractivity contribution in [1.29, 1.82) is 5.26 Å². The van der Waals surface area contributed by atoms with Gasteiger partial charge in [-0.1, -0.05) is 32.9 Å². The molecular weight excluding hydrogens is 222 g/mol. The van der Waals surface area contributed by atoms with Gasteiger partial charge >= 0.3 is 0 Å². The van der Waals surface area contributed by atoms with Gasteiger partial charge in [0, 0.05) is 0 Å². The maximum atomic E-state index is 9.42. The fraction of sp³-hybridized carbons (Fsp3) is 0.562. The molecule has 2 nitrogen and oxygen atoms in total. The van der Waals surface area contributed by atoms with Crippen molar-refractivity contribution < 1.29 is 4.74 Å². The van der Waals surface area contributed by atoms with E-state index in [0.29, 0.717) is 11.8 Å². The second-order valence-electron chi connectivity index (χ2n) is 5.75. The molecule has 1 aromatic carbocycles. The van der Waals surface area contributed by atoms with E-state index in [4.69, 9.17) is 4.74 Å². The van der Waals surface area contributed by atoms with E-state index in [-0.39, 0.29) is 5.41 Å². The van der Waals surface area contributed by atoms with Crippen LogP contribution >= 0.6 is 0 Å². The van der Waals surface area contributed by atoms with E-state index in [1.807, 2.05) is 12.1 Å². The summed E-state index contributed by atoms with van der Waals surface area (Å²) < 4.78 is 5.66. The summed E-state index contributed by atoms with van der Waals surface area (Å²) >= 11 is 0. The van der Waals surface area contributed by atoms with Crippen LogP contribution in [0.25, 0.3) is 0 Å². The first-order valence-electron chi connectivity index (χ1n) is 6.73. The zero-order chi connectivity index (χ0) is 13.2. The fourth-order valence-corrected chi connectivity index (χ4v) is 2.49. The molecule has 0 radical (unpaired) electrons. The fourth-order valence-electron chi connectivity index (χ4n) is 2.49. The van der Waals surface area contributed by atoms with Crippen molar-refractivity contribution in [2.45, 2.75) is 39.0 Å². The Morgan fingerprint density at radius 3 is 2.44 bits per heavy atom. The quantitative estimate of drug-likeness (QED) is 0.803. The third kappa shape index (κ3) is 2.22. The van der Waals surface area contributed by atoms with E-state index in [9.17, 15) is 5.26 Å². The maximum absolute atomic E-state index is 9.42. The molecule has 0 amide bonds. The smallest absolute Gasteiger partial charge is 0.119 e. The van der Waals surface area contributed by atoms with Gasteiger partial charge in [-0.05, 0) is 42.4 Å². The minimum Gasteiger partial charge on any atom is -0.493 e. The number of hydrogen-bond acceptors (Lipinski definition) is 2. The van der Waals surface area contributed by atoms with Gasteiger partial charge in [0.2, 0.25) is 0 Å². The zero-order valence-corrected chi connectivity index (χ0v) is 11.4. The molecule has 0 aromatic heterocycles. The average Bonchev–Trinajstić information content (AvgIpc) is 2.37. The number of ether oxygens (including phenoxy) is 1. The molecule has 18 heavy (non-hydrogen) atoms. The summed E-state index contributed by atoms with van der Waals surface area (Å²) in [6.45, 7) is 7.17. The average molecular weight is 243 g/mol. The van der Waals surface area contributed by atoms with Gasteiger partial charge in [-0.2, -0.15) is 5.26 Å². The van der Waals surface area contributed by atoms with Gasteiger partial charge < -0.3 is 4.74 Å². The molecule has 0 spiro atoms. The first-order chi connectivity index (χ1) is 8.58. The van der Waals surface area contributed by atoms with Crippen molar-refractivity contribution in [3.8, 4) is 11.8 Å². The highest BCUT2D eigenvalue weighted by Gasteiger charge is 2.45. The van der Waals surface area contributed by atoms with Crippen LogP contribution in [-0.4, -0.2) is 6.61 Å². The summed E-state index contributed by atoms with van der Waals surface area (Å²) in [4.78, 5) is 0. The third-order valence-corrected chi connectivity index (χ3v) is 3.97. The summed E-state index contributed by atoms with van der Waals surface area (Å²) in [7, 11) is 0. The first kappa shape index (κ1) is 13.0. The Morgan fingerprint density at radius 1 is 1.39 bits per heavy atom. The molecule has 1 aliphatic carbocycles. The lowest BCUT2D eigenvalue weighted by atomic mass is 9.58. The summed E-state index contributed by atoms with van der Waals surface area (Å²) in [5.74, 6) is 1.89. The maximum Gasteiger partial charge on any atom is 0.119 e. The molecule has 1 aromatic rings. The van der Waals surface area contributed by atoms with Crippen LogP contribution in [0.4, 0.5) is 0 Å². The highest BCUT2D eigenvalue weighted by atomic mass is 16.5. The highest BCUT2D eigenvalue weighted by Crippen LogP contribution is 2.48. The Bertz CT molecular complexity index is 443. The van der Waals surface area contributed by atoms with Gasteiger partial charge in [-0.25, -0.2) is 0 Å². The highest BCUT2D eigenvalue weighted by molar-refractivity contribution is 5.39. The lowest BCUT2D eigenvalue weighted by Crippen LogP contribution is -2.41. The van der Waals surface area contributed by atoms with Crippen LogP contribution < -0.4 is 4.74 Å². The topological polar surface area (TPSA) is 33.0 Å². The predicted molar refractivity (Wildman–Crippen MR) is 72.5 cm³/mol. The number of nitrogens with zero attached hydrogens (tertiary/aromatic N) is 1. The standard InChI is InChI=1S/C16H21NO/c1-12(2)10-18-15-6-4-14(5-7-15)16(11-17)9-8-13(16)3/h4-7,12-13H,8-10H2,1-3H3. The SMILES string of the molecule is CC(C)COc1ccc(C2(C#N)CCC2C)cc1. The van der Waals surface area contributed by atoms with E-state index in [0.717, 1.165) is 30.8 Å². The van der Waals surface area contributed by atoms with Crippen LogP contribution in [0.5, 0.6) is 5.75 Å². The number of nitriles is 1. The molecule has 0 N–H and O–H groups in total. The normalized spacial score (nSPS) is 26.5. The molecule has 0 bridgehead atoms. The molecule has 96 valence electrons. The zero-order valence-electron chi connectivity index (χ0n) is 11.4. The number of rotatable bonds is 4. The Labute approximate surface area is 110 Å². The second-order valence-corrected chi connectivity index (χ2v) is 5.75. The van der Waals surface area contributed by atoms with Crippen molar-refractivity contribution in [1.82, 2.24) is 0 Å². The van der Waals surface area contributed by atoms with Gasteiger partial charge in [0.05, 0.1) is 18.1 Å². The van der Waals surface area contributed by atoms with Gasteiger partial charge in [0.15, 0.2) is 0 Å². The second kappa shape index (κ2) is 5.02. The lowest BCUT2D eigenvalue weighted by Gasteiger charge is -2.42. The van der Waals surface area contributed by atoms with E-state index in [1.165, 1.54) is 0 Å². The monoisotopic (exact) mass is 243 g/mol. The molecule has 1 fully saturated rings. The van der Waals surface area contributed by atoms with Crippen LogP contribution in [0.1, 0.15) is 39.2 Å². The van der Waals surface area contributed by atoms with E-state index >= 15 is 0 Å². The number of benzene rings is 1. The number of hydrogen-bond donors (Lipinski definition) is 0. The largest absolute Gasteiger partial charge is 0.493 e. The molecule has 1 aliphatic rings. The van der Waals surface area contributed by atoms with Gasteiger partial charge in [0.25, 0.3) is 0 Å². The Balaban J connectivity index is 2.11. The molecule has 0 heterocycles. The van der Waals surface area contributed by atoms with E-state index < -0.39 is 0 Å². The van der Waals surface area contributed by atoms with Crippen molar-refractivity contribution in [3.63, 3.8) is 0 Å². The summed E-state index contributed by atoms with van der Waals surface area (Å²) in [6, 6.07) is 10.6. The Kier molecular flexibility index (Phi) is 3.61. The molecule has 2 unspecified atom stereocenters. The van der Waals surface area contributed by atoms with Crippen molar-refractivity contribution in [3.05, 3.63) is 29.8 Å². The molecule has 2 rings (SSSR count). The third-order valence-electron chi connectivity index (χ3n) is 3.97. The Morgan fingerprint density at radius 2 is 2.06 bits per heavy atom. The molecular formula is C16H21NO. The van der Waals surface area contributed by atoms with Gasteiger partial charge in [-0.3, -0.25) is 0 Å². The van der Waals surface area contributed by atoms with Gasteiger partial charge in [0.1, 0.15) is 5.75 Å². The predicted octanol–water partition coefficient (Wildman–Crippen LogP) is 3.91. The van der Waals surface area contributed by atoms with Crippen LogP contribution in [0.2, 0.25) is 0 Å². The van der Waals surface area contributed by atoms with Crippen molar-refractivity contribution in [2.75, 3.05) is 6.61 Å². The van der Waals surface area contributed by atoms with Crippen LogP contribution in [-0.2, 0) is 5.41 Å². The summed E-state index contributed by atoms with van der Waals surface area (Å²) in [5.41, 5.74) is 0.886. The van der Waals surface area contributed by atoms with Crippen LogP contribution in [0.15, 0.2) is 24.3 Å². The van der Waals surface area contributed by atoms with Crippen molar-refractivity contribution >= 4 is 0 Å². The molecule has 0 aliphatic heterocycles. The first-order valence-corrected chi connectivity index (χ1v) is 6.73. The van der Waals surface area contributed by atoms with Gasteiger partial charge in [-0.15, -0.1) is 0 Å². The summed E-state index contributed by atoms with van der Waals surface area (Å²) in [5, 5.41) is 9.42. The minimum absolute atomic E-state index is 0.253. The summed E-state index contributed by atoms with van der Waals surface area (Å²) in [6.07, 6.45) is 2.13. The lowest BCUT2D eigenvalue weighted by molar-refractivity contribution is 0.201. The van der Waals surface area contributed by atoms with E-state index in [2.05, 4.69) is 39.0 Å². The van der Waals surface area contributed by atoms with Crippen LogP contribution in [0.3, 0.4) is 0 Å². The molecule has 2 atom stereocenters. The van der Waals surface area contributed by atoms with Crippen molar-refractivity contribution in [2.24, 2.45) is 11.8 Å².